The first kappa shape index (κ1) is 15.0. The van der Waals surface area contributed by atoms with Gasteiger partial charge in [0.2, 0.25) is 0 Å². The molecule has 0 aromatic heterocycles. The molecule has 0 aromatic carbocycles. The maximum atomic E-state index is 5.49. The summed E-state index contributed by atoms with van der Waals surface area (Å²) in [5, 5.41) is 0. The molecule has 1 fully saturated rings. The van der Waals surface area contributed by atoms with Gasteiger partial charge in [-0.05, 0) is 64.6 Å². The second-order valence-electron chi connectivity index (χ2n) is 5.95. The monoisotopic (exact) mass is 240 g/mol. The van der Waals surface area contributed by atoms with E-state index in [0.29, 0.717) is 0 Å². The molecule has 1 rings (SSSR count). The van der Waals surface area contributed by atoms with Crippen LogP contribution in [0, 0.1) is 5.92 Å². The maximum absolute atomic E-state index is 5.49. The zero-order valence-electron chi connectivity index (χ0n) is 12.0. The van der Waals surface area contributed by atoms with E-state index >= 15 is 0 Å². The first-order chi connectivity index (χ1) is 8.24. The highest BCUT2D eigenvalue weighted by Gasteiger charge is 2.20. The summed E-state index contributed by atoms with van der Waals surface area (Å²) in [7, 11) is 2.32. The maximum Gasteiger partial charge on any atom is 0.00924 e. The van der Waals surface area contributed by atoms with Gasteiger partial charge in [0.15, 0.2) is 0 Å². The summed E-state index contributed by atoms with van der Waals surface area (Å²) in [6, 6.07) is 0.871. The predicted molar refractivity (Wildman–Crippen MR) is 76.2 cm³/mol. The van der Waals surface area contributed by atoms with E-state index in [1.807, 2.05) is 0 Å². The van der Waals surface area contributed by atoms with Crippen LogP contribution in [0.25, 0.3) is 0 Å². The Hall–Kier alpha value is -0.0800. The van der Waals surface area contributed by atoms with Gasteiger partial charge in [-0.25, -0.2) is 0 Å². The van der Waals surface area contributed by atoms with Crippen molar-refractivity contribution in [3.05, 3.63) is 0 Å². The van der Waals surface area contributed by atoms with Crippen LogP contribution >= 0.6 is 0 Å². The van der Waals surface area contributed by atoms with Crippen LogP contribution in [0.3, 0.4) is 0 Å². The topological polar surface area (TPSA) is 29.3 Å². The van der Waals surface area contributed by atoms with Gasteiger partial charge < -0.3 is 10.6 Å². The molecule has 0 amide bonds. The molecule has 1 saturated carbocycles. The van der Waals surface area contributed by atoms with Crippen molar-refractivity contribution in [2.75, 3.05) is 20.1 Å². The fraction of sp³-hybridized carbons (Fsp3) is 1.00. The third-order valence-corrected chi connectivity index (χ3v) is 4.32. The van der Waals surface area contributed by atoms with Crippen LogP contribution in [0.2, 0.25) is 0 Å². The van der Waals surface area contributed by atoms with Gasteiger partial charge in [0.1, 0.15) is 0 Å². The lowest BCUT2D eigenvalue weighted by Crippen LogP contribution is -2.35. The second kappa shape index (κ2) is 8.93. The SMILES string of the molecule is CC1CCC(N(C)CCCCCCCN)CC1. The van der Waals surface area contributed by atoms with Crippen molar-refractivity contribution in [1.82, 2.24) is 4.90 Å². The van der Waals surface area contributed by atoms with E-state index in [1.54, 1.807) is 0 Å². The first-order valence-corrected chi connectivity index (χ1v) is 7.64. The zero-order valence-corrected chi connectivity index (χ0v) is 12.0. The van der Waals surface area contributed by atoms with Crippen LogP contribution in [0.15, 0.2) is 0 Å². The lowest BCUT2D eigenvalue weighted by molar-refractivity contribution is 0.167. The number of rotatable bonds is 8. The Kier molecular flexibility index (Phi) is 7.87. The first-order valence-electron chi connectivity index (χ1n) is 7.64. The van der Waals surface area contributed by atoms with Gasteiger partial charge in [-0.3, -0.25) is 0 Å². The Morgan fingerprint density at radius 1 is 0.941 bits per heavy atom. The molecular formula is C15H32N2. The second-order valence-corrected chi connectivity index (χ2v) is 5.95. The standard InChI is InChI=1S/C15H32N2/c1-14-8-10-15(11-9-14)17(2)13-7-5-3-4-6-12-16/h14-15H,3-13,16H2,1-2H3. The molecule has 17 heavy (non-hydrogen) atoms. The Morgan fingerprint density at radius 2 is 1.53 bits per heavy atom. The molecule has 1 aliphatic rings. The lowest BCUT2D eigenvalue weighted by Gasteiger charge is -2.33. The molecule has 2 heteroatoms. The van der Waals surface area contributed by atoms with Gasteiger partial charge in [-0.1, -0.05) is 26.2 Å². The summed E-state index contributed by atoms with van der Waals surface area (Å²) in [6.45, 7) is 4.55. The highest BCUT2D eigenvalue weighted by Crippen LogP contribution is 2.26. The van der Waals surface area contributed by atoms with E-state index in [1.165, 1.54) is 64.3 Å². The van der Waals surface area contributed by atoms with Crippen LogP contribution < -0.4 is 5.73 Å². The van der Waals surface area contributed by atoms with Crippen molar-refractivity contribution in [1.29, 1.82) is 0 Å². The van der Waals surface area contributed by atoms with Gasteiger partial charge >= 0.3 is 0 Å². The van der Waals surface area contributed by atoms with E-state index in [4.69, 9.17) is 5.73 Å². The molecule has 0 radical (unpaired) electrons. The molecule has 0 spiro atoms. The third-order valence-electron chi connectivity index (χ3n) is 4.32. The number of hydrogen-bond acceptors (Lipinski definition) is 2. The van der Waals surface area contributed by atoms with Gasteiger partial charge in [0, 0.05) is 6.04 Å². The highest BCUT2D eigenvalue weighted by atomic mass is 15.1. The van der Waals surface area contributed by atoms with Gasteiger partial charge in [-0.15, -0.1) is 0 Å². The van der Waals surface area contributed by atoms with E-state index < -0.39 is 0 Å². The van der Waals surface area contributed by atoms with Crippen molar-refractivity contribution >= 4 is 0 Å². The molecule has 0 saturated heterocycles. The molecule has 2 nitrogen and oxygen atoms in total. The average molecular weight is 240 g/mol. The Labute approximate surface area is 108 Å². The van der Waals surface area contributed by atoms with Gasteiger partial charge in [-0.2, -0.15) is 0 Å². The fourth-order valence-electron chi connectivity index (χ4n) is 2.90. The van der Waals surface area contributed by atoms with Crippen LogP contribution in [0.4, 0.5) is 0 Å². The van der Waals surface area contributed by atoms with Crippen molar-refractivity contribution in [2.45, 2.75) is 70.8 Å². The summed E-state index contributed by atoms with van der Waals surface area (Å²) in [6.07, 6.45) is 12.4. The predicted octanol–water partition coefficient (Wildman–Crippen LogP) is 3.41. The van der Waals surface area contributed by atoms with Crippen LogP contribution in [-0.4, -0.2) is 31.1 Å². The fourth-order valence-corrected chi connectivity index (χ4v) is 2.90. The number of hydrogen-bond donors (Lipinski definition) is 1. The number of unbranched alkanes of at least 4 members (excludes halogenated alkanes) is 4. The van der Waals surface area contributed by atoms with Crippen LogP contribution in [0.5, 0.6) is 0 Å². The van der Waals surface area contributed by atoms with Crippen LogP contribution in [-0.2, 0) is 0 Å². The Balaban J connectivity index is 1.99. The van der Waals surface area contributed by atoms with E-state index in [0.717, 1.165) is 18.5 Å². The van der Waals surface area contributed by atoms with Crippen molar-refractivity contribution in [3.63, 3.8) is 0 Å². The average Bonchev–Trinajstić information content (AvgIpc) is 2.34. The molecule has 1 aliphatic carbocycles. The summed E-state index contributed by atoms with van der Waals surface area (Å²) in [5.74, 6) is 0.968. The lowest BCUT2D eigenvalue weighted by atomic mass is 9.87. The molecule has 2 N–H and O–H groups in total. The minimum atomic E-state index is 0.861. The third kappa shape index (κ3) is 6.42. The van der Waals surface area contributed by atoms with Crippen molar-refractivity contribution in [3.8, 4) is 0 Å². The minimum Gasteiger partial charge on any atom is -0.330 e. The molecule has 0 heterocycles. The minimum absolute atomic E-state index is 0.861. The summed E-state index contributed by atoms with van der Waals surface area (Å²) in [4.78, 5) is 2.61. The van der Waals surface area contributed by atoms with Crippen LogP contribution in [0.1, 0.15) is 64.7 Å². The summed E-state index contributed by atoms with van der Waals surface area (Å²) in [5.41, 5.74) is 5.49. The number of nitrogens with zero attached hydrogens (tertiary/aromatic N) is 1. The van der Waals surface area contributed by atoms with Crippen molar-refractivity contribution in [2.24, 2.45) is 11.7 Å². The molecule has 102 valence electrons. The van der Waals surface area contributed by atoms with E-state index in [2.05, 4.69) is 18.9 Å². The quantitative estimate of drug-likeness (QED) is 0.659. The van der Waals surface area contributed by atoms with Gasteiger partial charge in [0.05, 0.1) is 0 Å². The largest absolute Gasteiger partial charge is 0.330 e. The van der Waals surface area contributed by atoms with Crippen molar-refractivity contribution < 1.29 is 0 Å². The normalized spacial score (nSPS) is 25.4. The molecular weight excluding hydrogens is 208 g/mol. The molecule has 0 aromatic rings. The van der Waals surface area contributed by atoms with E-state index in [-0.39, 0.29) is 0 Å². The molecule has 0 aliphatic heterocycles. The van der Waals surface area contributed by atoms with E-state index in [9.17, 15) is 0 Å². The molecule has 0 bridgehead atoms. The number of nitrogens with two attached hydrogens (primary N) is 1. The Bertz CT molecular complexity index is 174. The summed E-state index contributed by atoms with van der Waals surface area (Å²) < 4.78 is 0. The smallest absolute Gasteiger partial charge is 0.00924 e. The Morgan fingerprint density at radius 3 is 2.18 bits per heavy atom. The summed E-state index contributed by atoms with van der Waals surface area (Å²) >= 11 is 0. The molecule has 0 atom stereocenters. The highest BCUT2D eigenvalue weighted by molar-refractivity contribution is 4.76. The van der Waals surface area contributed by atoms with Gasteiger partial charge in [0.25, 0.3) is 0 Å². The zero-order chi connectivity index (χ0) is 12.5. The molecule has 0 unspecified atom stereocenters.